The van der Waals surface area contributed by atoms with E-state index in [0.29, 0.717) is 12.2 Å². The van der Waals surface area contributed by atoms with Crippen LogP contribution in [-0.2, 0) is 16.4 Å². The third kappa shape index (κ3) is 3.35. The molecule has 3 N–H and O–H groups in total. The van der Waals surface area contributed by atoms with E-state index in [-0.39, 0.29) is 22.1 Å². The van der Waals surface area contributed by atoms with Gasteiger partial charge in [0.1, 0.15) is 15.6 Å². The highest BCUT2D eigenvalue weighted by atomic mass is 32.2. The number of pyridine rings is 1. The van der Waals surface area contributed by atoms with Gasteiger partial charge in [0.25, 0.3) is 0 Å². The standard InChI is InChI=1S/C10H11N5O3S2/c11-10(19)9-7(2-1-4-12-9)20(16,17)14-5-3-8-13-6-18-15-8/h1-2,4,6,14H,3,5H2,(H2,11,19). The van der Waals surface area contributed by atoms with Crippen molar-refractivity contribution in [2.45, 2.75) is 11.3 Å². The van der Waals surface area contributed by atoms with E-state index in [9.17, 15) is 8.42 Å². The Bertz CT molecular complexity index is 699. The molecule has 0 saturated heterocycles. The topological polar surface area (TPSA) is 124 Å². The van der Waals surface area contributed by atoms with Gasteiger partial charge >= 0.3 is 0 Å². The van der Waals surface area contributed by atoms with Crippen LogP contribution in [0.1, 0.15) is 11.5 Å². The molecule has 0 aliphatic rings. The lowest BCUT2D eigenvalue weighted by Crippen LogP contribution is -2.29. The van der Waals surface area contributed by atoms with E-state index in [2.05, 4.69) is 24.4 Å². The van der Waals surface area contributed by atoms with Crippen LogP contribution < -0.4 is 10.5 Å². The summed E-state index contributed by atoms with van der Waals surface area (Å²) in [4.78, 5) is 7.53. The number of nitrogens with zero attached hydrogens (tertiary/aromatic N) is 3. The smallest absolute Gasteiger partial charge is 0.242 e. The van der Waals surface area contributed by atoms with E-state index in [0.717, 1.165) is 0 Å². The van der Waals surface area contributed by atoms with Gasteiger partial charge in [-0.3, -0.25) is 4.98 Å². The minimum atomic E-state index is -3.76. The first-order chi connectivity index (χ1) is 9.50. The number of aromatic nitrogens is 3. The summed E-state index contributed by atoms with van der Waals surface area (Å²) in [5, 5.41) is 3.58. The largest absolute Gasteiger partial charge is 0.388 e. The molecule has 8 nitrogen and oxygen atoms in total. The van der Waals surface area contributed by atoms with Gasteiger partial charge < -0.3 is 10.3 Å². The Morgan fingerprint density at radius 1 is 1.45 bits per heavy atom. The fourth-order valence-electron chi connectivity index (χ4n) is 1.47. The lowest BCUT2D eigenvalue weighted by atomic mass is 10.3. The van der Waals surface area contributed by atoms with E-state index in [1.165, 1.54) is 24.7 Å². The van der Waals surface area contributed by atoms with Crippen molar-refractivity contribution in [2.24, 2.45) is 5.73 Å². The maximum atomic E-state index is 12.2. The maximum Gasteiger partial charge on any atom is 0.242 e. The number of thiocarbonyl (C=S) groups is 1. The molecule has 106 valence electrons. The first-order valence-electron chi connectivity index (χ1n) is 5.50. The summed E-state index contributed by atoms with van der Waals surface area (Å²) >= 11 is 4.79. The van der Waals surface area contributed by atoms with Gasteiger partial charge in [-0.25, -0.2) is 13.1 Å². The molecule has 20 heavy (non-hydrogen) atoms. The van der Waals surface area contributed by atoms with Crippen LogP contribution in [0.25, 0.3) is 0 Å². The average molecular weight is 313 g/mol. The molecule has 0 amide bonds. The van der Waals surface area contributed by atoms with Crippen molar-refractivity contribution in [1.29, 1.82) is 0 Å². The minimum Gasteiger partial charge on any atom is -0.388 e. The van der Waals surface area contributed by atoms with Crippen molar-refractivity contribution in [3.05, 3.63) is 36.2 Å². The quantitative estimate of drug-likeness (QED) is 0.692. The van der Waals surface area contributed by atoms with E-state index >= 15 is 0 Å². The summed E-state index contributed by atoms with van der Waals surface area (Å²) < 4.78 is 31.3. The Kier molecular flexibility index (Phi) is 4.37. The number of nitrogens with one attached hydrogen (secondary N) is 1. The molecule has 2 heterocycles. The van der Waals surface area contributed by atoms with Crippen molar-refractivity contribution in [3.63, 3.8) is 0 Å². The van der Waals surface area contributed by atoms with Gasteiger partial charge in [0, 0.05) is 19.2 Å². The lowest BCUT2D eigenvalue weighted by Gasteiger charge is -2.08. The molecule has 0 spiro atoms. The lowest BCUT2D eigenvalue weighted by molar-refractivity contribution is 0.410. The van der Waals surface area contributed by atoms with Crippen molar-refractivity contribution < 1.29 is 12.9 Å². The molecule has 2 rings (SSSR count). The summed E-state index contributed by atoms with van der Waals surface area (Å²) in [7, 11) is -3.76. The van der Waals surface area contributed by atoms with Crippen molar-refractivity contribution in [2.75, 3.05) is 6.54 Å². The Hall–Kier alpha value is -1.91. The molecule has 0 aliphatic carbocycles. The van der Waals surface area contributed by atoms with Crippen LogP contribution >= 0.6 is 12.2 Å². The van der Waals surface area contributed by atoms with Crippen molar-refractivity contribution in [1.82, 2.24) is 19.8 Å². The van der Waals surface area contributed by atoms with Crippen LogP contribution in [-0.4, -0.2) is 35.1 Å². The van der Waals surface area contributed by atoms with Gasteiger partial charge in [0.15, 0.2) is 5.82 Å². The van der Waals surface area contributed by atoms with Crippen LogP contribution in [0.15, 0.2) is 34.1 Å². The molecule has 2 aromatic heterocycles. The normalized spacial score (nSPS) is 11.4. The molecule has 0 saturated carbocycles. The Morgan fingerprint density at radius 2 is 2.25 bits per heavy atom. The predicted molar refractivity (Wildman–Crippen MR) is 73.3 cm³/mol. The third-order valence-corrected chi connectivity index (χ3v) is 4.03. The average Bonchev–Trinajstić information content (AvgIpc) is 2.91. The SMILES string of the molecule is NC(=S)c1ncccc1S(=O)(=O)NCCc1ncon1. The fraction of sp³-hybridized carbons (Fsp3) is 0.200. The number of nitrogens with two attached hydrogens (primary N) is 1. The second kappa shape index (κ2) is 6.03. The first kappa shape index (κ1) is 14.5. The summed E-state index contributed by atoms with van der Waals surface area (Å²) in [6.07, 6.45) is 2.90. The monoisotopic (exact) mass is 313 g/mol. The third-order valence-electron chi connectivity index (χ3n) is 2.34. The highest BCUT2D eigenvalue weighted by Gasteiger charge is 2.20. The summed E-state index contributed by atoms with van der Waals surface area (Å²) in [5.74, 6) is 0.411. The molecule has 0 atom stereocenters. The molecule has 0 aromatic carbocycles. The van der Waals surface area contributed by atoms with Crippen molar-refractivity contribution >= 4 is 27.2 Å². The summed E-state index contributed by atoms with van der Waals surface area (Å²) in [6.45, 7) is 0.119. The Balaban J connectivity index is 2.12. The van der Waals surface area contributed by atoms with E-state index in [1.807, 2.05) is 0 Å². The molecular formula is C10H11N5O3S2. The zero-order chi connectivity index (χ0) is 14.6. The molecule has 10 heteroatoms. The molecular weight excluding hydrogens is 302 g/mol. The second-order valence-corrected chi connectivity index (χ2v) is 5.88. The van der Waals surface area contributed by atoms with E-state index in [1.54, 1.807) is 0 Å². The molecule has 0 radical (unpaired) electrons. The second-order valence-electron chi connectivity index (χ2n) is 3.71. The minimum absolute atomic E-state index is 0.0550. The predicted octanol–water partition coefficient (Wildman–Crippen LogP) is -0.380. The van der Waals surface area contributed by atoms with Crippen LogP contribution in [0.5, 0.6) is 0 Å². The molecule has 0 aliphatic heterocycles. The molecule has 0 unspecified atom stereocenters. The van der Waals surface area contributed by atoms with Crippen LogP contribution in [0, 0.1) is 0 Å². The van der Waals surface area contributed by atoms with Crippen molar-refractivity contribution in [3.8, 4) is 0 Å². The maximum absolute atomic E-state index is 12.2. The van der Waals surface area contributed by atoms with Crippen LogP contribution in [0.2, 0.25) is 0 Å². The van der Waals surface area contributed by atoms with Gasteiger partial charge in [-0.2, -0.15) is 4.98 Å². The van der Waals surface area contributed by atoms with Gasteiger partial charge in [-0.15, -0.1) is 0 Å². The number of sulfonamides is 1. The van der Waals surface area contributed by atoms with Gasteiger partial charge in [0.2, 0.25) is 16.4 Å². The van der Waals surface area contributed by atoms with Gasteiger partial charge in [-0.05, 0) is 12.1 Å². The summed E-state index contributed by atoms with van der Waals surface area (Å²) in [5.41, 5.74) is 5.53. The number of hydrogen-bond donors (Lipinski definition) is 2. The highest BCUT2D eigenvalue weighted by Crippen LogP contribution is 2.12. The molecule has 0 fully saturated rings. The van der Waals surface area contributed by atoms with Gasteiger partial charge in [-0.1, -0.05) is 17.4 Å². The molecule has 2 aromatic rings. The number of hydrogen-bond acceptors (Lipinski definition) is 7. The van der Waals surface area contributed by atoms with E-state index < -0.39 is 10.0 Å². The Morgan fingerprint density at radius 3 is 2.90 bits per heavy atom. The summed E-state index contributed by atoms with van der Waals surface area (Å²) in [6, 6.07) is 2.88. The van der Waals surface area contributed by atoms with E-state index in [4.69, 9.17) is 18.0 Å². The van der Waals surface area contributed by atoms with Crippen LogP contribution in [0.3, 0.4) is 0 Å². The van der Waals surface area contributed by atoms with Crippen LogP contribution in [0.4, 0.5) is 0 Å². The fourth-order valence-corrected chi connectivity index (χ4v) is 2.90. The highest BCUT2D eigenvalue weighted by molar-refractivity contribution is 7.89. The first-order valence-corrected chi connectivity index (χ1v) is 7.39. The zero-order valence-corrected chi connectivity index (χ0v) is 11.8. The zero-order valence-electron chi connectivity index (χ0n) is 10.2. The van der Waals surface area contributed by atoms with Gasteiger partial charge in [0.05, 0.1) is 0 Å². The number of rotatable bonds is 6. The molecule has 0 bridgehead atoms. The Labute approximate surface area is 120 Å².